The summed E-state index contributed by atoms with van der Waals surface area (Å²) in [6.07, 6.45) is 8.70. The molecule has 0 aromatic carbocycles. The van der Waals surface area contributed by atoms with Crippen LogP contribution in [0.1, 0.15) is 39.5 Å². The van der Waals surface area contributed by atoms with Gasteiger partial charge in [-0.1, -0.05) is 19.4 Å². The lowest BCUT2D eigenvalue weighted by molar-refractivity contribution is -0.116. The highest BCUT2D eigenvalue weighted by atomic mass is 16.5. The first kappa shape index (κ1) is 12.8. The summed E-state index contributed by atoms with van der Waals surface area (Å²) >= 11 is 0. The normalized spacial score (nSPS) is 20.9. The minimum atomic E-state index is -0.0597. The van der Waals surface area contributed by atoms with Gasteiger partial charge in [-0.3, -0.25) is 4.79 Å². The maximum Gasteiger partial charge on any atom is 0.163 e. The van der Waals surface area contributed by atoms with Gasteiger partial charge < -0.3 is 4.74 Å². The van der Waals surface area contributed by atoms with Crippen molar-refractivity contribution < 1.29 is 9.53 Å². The molecule has 0 saturated carbocycles. The Morgan fingerprint density at radius 1 is 1.56 bits per heavy atom. The highest BCUT2D eigenvalue weighted by Gasteiger charge is 2.29. The molecule has 0 aromatic heterocycles. The van der Waals surface area contributed by atoms with E-state index in [1.807, 2.05) is 13.0 Å². The van der Waals surface area contributed by atoms with Crippen LogP contribution in [0.3, 0.4) is 0 Å². The SMILES string of the molecule is C=CCC1=C(C)C(O/C=C\CCC)CC1=O. The fourth-order valence-corrected chi connectivity index (χ4v) is 1.81. The number of hydrogen-bond donors (Lipinski definition) is 0. The van der Waals surface area contributed by atoms with Crippen molar-refractivity contribution in [2.75, 3.05) is 0 Å². The van der Waals surface area contributed by atoms with Gasteiger partial charge in [0.15, 0.2) is 5.78 Å². The molecule has 1 rings (SSSR count). The average Bonchev–Trinajstić information content (AvgIpc) is 2.53. The van der Waals surface area contributed by atoms with Crippen molar-refractivity contribution in [3.8, 4) is 0 Å². The molecule has 0 bridgehead atoms. The molecule has 2 heteroatoms. The lowest BCUT2D eigenvalue weighted by atomic mass is 10.1. The summed E-state index contributed by atoms with van der Waals surface area (Å²) in [6, 6.07) is 0. The van der Waals surface area contributed by atoms with Crippen LogP contribution in [0.4, 0.5) is 0 Å². The van der Waals surface area contributed by atoms with Crippen LogP contribution in [-0.4, -0.2) is 11.9 Å². The highest BCUT2D eigenvalue weighted by molar-refractivity contribution is 5.99. The Kier molecular flexibility index (Phi) is 5.03. The minimum absolute atomic E-state index is 0.0597. The quantitative estimate of drug-likeness (QED) is 0.505. The number of hydrogen-bond acceptors (Lipinski definition) is 2. The van der Waals surface area contributed by atoms with E-state index in [-0.39, 0.29) is 11.9 Å². The number of carbonyl (C=O) groups excluding carboxylic acids is 1. The standard InChI is InChI=1S/C14H20O2/c1-4-6-7-9-16-14-10-13(15)12(8-5-2)11(14)3/h5,7,9,14H,2,4,6,8,10H2,1,3H3/b9-7-. The van der Waals surface area contributed by atoms with Gasteiger partial charge in [0.2, 0.25) is 0 Å². The van der Waals surface area contributed by atoms with Gasteiger partial charge in [-0.2, -0.15) is 0 Å². The smallest absolute Gasteiger partial charge is 0.163 e. The van der Waals surface area contributed by atoms with Gasteiger partial charge in [0.05, 0.1) is 12.7 Å². The molecule has 0 aromatic rings. The summed E-state index contributed by atoms with van der Waals surface area (Å²) in [5.41, 5.74) is 1.94. The Morgan fingerprint density at radius 2 is 2.31 bits per heavy atom. The van der Waals surface area contributed by atoms with Crippen molar-refractivity contribution in [3.63, 3.8) is 0 Å². The molecular formula is C14H20O2. The van der Waals surface area contributed by atoms with Gasteiger partial charge in [-0.25, -0.2) is 0 Å². The molecule has 88 valence electrons. The third-order valence-electron chi connectivity index (χ3n) is 2.81. The Hall–Kier alpha value is -1.31. The zero-order valence-corrected chi connectivity index (χ0v) is 10.2. The van der Waals surface area contributed by atoms with Crippen LogP contribution < -0.4 is 0 Å². The number of unbranched alkanes of at least 4 members (excludes halogenated alkanes) is 1. The van der Waals surface area contributed by atoms with Crippen molar-refractivity contribution in [2.24, 2.45) is 0 Å². The summed E-state index contributed by atoms with van der Waals surface area (Å²) < 4.78 is 5.57. The van der Waals surface area contributed by atoms with Gasteiger partial charge in [0.1, 0.15) is 6.10 Å². The van der Waals surface area contributed by atoms with Crippen LogP contribution in [-0.2, 0) is 9.53 Å². The van der Waals surface area contributed by atoms with E-state index in [4.69, 9.17) is 4.74 Å². The molecule has 1 aliphatic carbocycles. The fourth-order valence-electron chi connectivity index (χ4n) is 1.81. The molecule has 0 N–H and O–H groups in total. The van der Waals surface area contributed by atoms with Gasteiger partial charge in [-0.05, 0) is 31.4 Å². The van der Waals surface area contributed by atoms with Gasteiger partial charge >= 0.3 is 0 Å². The van der Waals surface area contributed by atoms with E-state index in [1.165, 1.54) is 0 Å². The van der Waals surface area contributed by atoms with Crippen LogP contribution in [0.5, 0.6) is 0 Å². The van der Waals surface area contributed by atoms with E-state index >= 15 is 0 Å². The van der Waals surface area contributed by atoms with Gasteiger partial charge in [0.25, 0.3) is 0 Å². The largest absolute Gasteiger partial charge is 0.494 e. The van der Waals surface area contributed by atoms with E-state index in [1.54, 1.807) is 12.3 Å². The third kappa shape index (κ3) is 3.09. The van der Waals surface area contributed by atoms with Crippen molar-refractivity contribution in [1.29, 1.82) is 0 Å². The third-order valence-corrected chi connectivity index (χ3v) is 2.81. The Morgan fingerprint density at radius 3 is 2.94 bits per heavy atom. The predicted molar refractivity (Wildman–Crippen MR) is 66.1 cm³/mol. The number of Topliss-reactive ketones (excluding diaryl/α,β-unsaturated/α-hetero) is 1. The van der Waals surface area contributed by atoms with Crippen molar-refractivity contribution in [3.05, 3.63) is 36.1 Å². The van der Waals surface area contributed by atoms with E-state index in [2.05, 4.69) is 13.5 Å². The van der Waals surface area contributed by atoms with Gasteiger partial charge in [-0.15, -0.1) is 6.58 Å². The van der Waals surface area contributed by atoms with Crippen molar-refractivity contribution in [2.45, 2.75) is 45.6 Å². The maximum absolute atomic E-state index is 11.7. The van der Waals surface area contributed by atoms with E-state index in [9.17, 15) is 4.79 Å². The average molecular weight is 220 g/mol. The molecule has 0 heterocycles. The maximum atomic E-state index is 11.7. The van der Waals surface area contributed by atoms with Crippen LogP contribution in [0.15, 0.2) is 36.1 Å². The Balaban J connectivity index is 2.57. The topological polar surface area (TPSA) is 26.3 Å². The molecule has 1 unspecified atom stereocenters. The lowest BCUT2D eigenvalue weighted by Crippen LogP contribution is -2.08. The first-order valence-corrected chi connectivity index (χ1v) is 5.84. The second kappa shape index (κ2) is 6.31. The van der Waals surface area contributed by atoms with Crippen LogP contribution in [0, 0.1) is 0 Å². The van der Waals surface area contributed by atoms with E-state index < -0.39 is 0 Å². The van der Waals surface area contributed by atoms with E-state index in [0.717, 1.165) is 24.0 Å². The molecule has 0 spiro atoms. The summed E-state index contributed by atoms with van der Waals surface area (Å²) in [5, 5.41) is 0. The second-order valence-electron chi connectivity index (χ2n) is 4.07. The van der Waals surface area contributed by atoms with Crippen molar-refractivity contribution in [1.82, 2.24) is 0 Å². The number of ether oxygens (including phenoxy) is 1. The lowest BCUT2D eigenvalue weighted by Gasteiger charge is -2.10. The molecule has 0 saturated heterocycles. The van der Waals surface area contributed by atoms with E-state index in [0.29, 0.717) is 12.8 Å². The molecule has 0 fully saturated rings. The Bertz CT molecular complexity index is 324. The second-order valence-corrected chi connectivity index (χ2v) is 4.07. The fraction of sp³-hybridized carbons (Fsp3) is 0.500. The number of ketones is 1. The van der Waals surface area contributed by atoms with Crippen molar-refractivity contribution >= 4 is 5.78 Å². The van der Waals surface area contributed by atoms with Crippen LogP contribution in [0.25, 0.3) is 0 Å². The minimum Gasteiger partial charge on any atom is -0.494 e. The number of carbonyl (C=O) groups is 1. The molecule has 0 amide bonds. The van der Waals surface area contributed by atoms with Crippen LogP contribution >= 0.6 is 0 Å². The zero-order chi connectivity index (χ0) is 12.0. The Labute approximate surface area is 97.7 Å². The zero-order valence-electron chi connectivity index (χ0n) is 10.2. The van der Waals surface area contributed by atoms with Crippen LogP contribution in [0.2, 0.25) is 0 Å². The molecule has 1 atom stereocenters. The number of allylic oxidation sites excluding steroid dienone is 3. The molecule has 16 heavy (non-hydrogen) atoms. The summed E-state index contributed by atoms with van der Waals surface area (Å²) in [6.45, 7) is 7.76. The van der Waals surface area contributed by atoms with Gasteiger partial charge in [0, 0.05) is 5.57 Å². The molecule has 0 aliphatic heterocycles. The number of rotatable bonds is 6. The summed E-state index contributed by atoms with van der Waals surface area (Å²) in [5.74, 6) is 0.200. The monoisotopic (exact) mass is 220 g/mol. The highest BCUT2D eigenvalue weighted by Crippen LogP contribution is 2.28. The summed E-state index contributed by atoms with van der Waals surface area (Å²) in [4.78, 5) is 11.7. The first-order chi connectivity index (χ1) is 7.70. The molecular weight excluding hydrogens is 200 g/mol. The molecule has 2 nitrogen and oxygen atoms in total. The first-order valence-electron chi connectivity index (χ1n) is 5.84. The molecule has 1 aliphatic rings. The predicted octanol–water partition coefficient (Wildman–Crippen LogP) is 3.55. The summed E-state index contributed by atoms with van der Waals surface area (Å²) in [7, 11) is 0. The molecule has 0 radical (unpaired) electrons.